The highest BCUT2D eigenvalue weighted by Crippen LogP contribution is 2.18. The van der Waals surface area contributed by atoms with Crippen molar-refractivity contribution in [1.82, 2.24) is 9.55 Å². The summed E-state index contributed by atoms with van der Waals surface area (Å²) in [6, 6.07) is 8.23. The Labute approximate surface area is 142 Å². The van der Waals surface area contributed by atoms with Gasteiger partial charge in [0.05, 0.1) is 12.9 Å². The molecule has 1 aromatic carbocycles. The first-order valence-electron chi connectivity index (χ1n) is 6.78. The normalized spacial score (nSPS) is 11.3. The maximum absolute atomic E-state index is 5.89. The van der Waals surface area contributed by atoms with Crippen LogP contribution in [-0.4, -0.2) is 22.1 Å². The third kappa shape index (κ3) is 5.74. The summed E-state index contributed by atoms with van der Waals surface area (Å²) in [5, 5.41) is 3.12. The van der Waals surface area contributed by atoms with E-state index < -0.39 is 0 Å². The van der Waals surface area contributed by atoms with Crippen molar-refractivity contribution in [3.8, 4) is 0 Å². The molecule has 0 fully saturated rings. The van der Waals surface area contributed by atoms with Gasteiger partial charge in [-0.05, 0) is 23.6 Å². The van der Waals surface area contributed by atoms with Gasteiger partial charge >= 0.3 is 0 Å². The van der Waals surface area contributed by atoms with E-state index >= 15 is 0 Å². The first-order valence-corrected chi connectivity index (χ1v) is 6.78. The van der Waals surface area contributed by atoms with Crippen molar-refractivity contribution in [3.05, 3.63) is 48.5 Å². The van der Waals surface area contributed by atoms with Crippen molar-refractivity contribution in [2.24, 2.45) is 10.7 Å². The van der Waals surface area contributed by atoms with E-state index in [2.05, 4.69) is 41.3 Å². The van der Waals surface area contributed by atoms with Gasteiger partial charge in [-0.15, -0.1) is 24.0 Å². The Morgan fingerprint density at radius 1 is 1.43 bits per heavy atom. The van der Waals surface area contributed by atoms with Crippen LogP contribution in [0.3, 0.4) is 0 Å². The molecule has 2 rings (SSSR count). The molecule has 114 valence electrons. The quantitative estimate of drug-likeness (QED) is 0.462. The number of guanidine groups is 1. The first kappa shape index (κ1) is 17.5. The number of aromatic nitrogens is 2. The molecule has 0 aliphatic rings. The van der Waals surface area contributed by atoms with E-state index in [0.717, 1.165) is 12.2 Å². The van der Waals surface area contributed by atoms with Crippen LogP contribution >= 0.6 is 24.0 Å². The number of rotatable bonds is 5. The number of nitrogens with one attached hydrogen (secondary N) is 1. The van der Waals surface area contributed by atoms with Crippen molar-refractivity contribution in [3.63, 3.8) is 0 Å². The average molecular weight is 399 g/mol. The molecule has 5 nitrogen and oxygen atoms in total. The topological polar surface area (TPSA) is 68.2 Å². The van der Waals surface area contributed by atoms with E-state index in [1.165, 1.54) is 5.56 Å². The second-order valence-electron chi connectivity index (χ2n) is 4.97. The van der Waals surface area contributed by atoms with Crippen LogP contribution in [0.15, 0.2) is 48.0 Å². The lowest BCUT2D eigenvalue weighted by Gasteiger charge is -2.10. The summed E-state index contributed by atoms with van der Waals surface area (Å²) in [5.74, 6) is 0.933. The van der Waals surface area contributed by atoms with Crippen LogP contribution in [0.5, 0.6) is 0 Å². The highest BCUT2D eigenvalue weighted by atomic mass is 127. The van der Waals surface area contributed by atoms with Crippen molar-refractivity contribution < 1.29 is 0 Å². The number of nitrogens with zero attached hydrogens (tertiary/aromatic N) is 3. The number of hydrogen-bond donors (Lipinski definition) is 2. The third-order valence-corrected chi connectivity index (χ3v) is 3.03. The number of halogens is 1. The van der Waals surface area contributed by atoms with E-state index in [0.29, 0.717) is 18.4 Å². The van der Waals surface area contributed by atoms with Gasteiger partial charge in [-0.3, -0.25) is 4.99 Å². The number of nitrogens with two attached hydrogens (primary N) is 1. The van der Waals surface area contributed by atoms with Gasteiger partial charge in [0.25, 0.3) is 0 Å². The van der Waals surface area contributed by atoms with Crippen LogP contribution in [0.2, 0.25) is 0 Å². The summed E-state index contributed by atoms with van der Waals surface area (Å²) in [6.45, 7) is 5.73. The molecule has 0 aliphatic heterocycles. The predicted octanol–water partition coefficient (Wildman–Crippen LogP) is 3.05. The van der Waals surface area contributed by atoms with E-state index in [1.807, 2.05) is 22.9 Å². The highest BCUT2D eigenvalue weighted by molar-refractivity contribution is 14.0. The monoisotopic (exact) mass is 399 g/mol. The summed E-state index contributed by atoms with van der Waals surface area (Å²) < 4.78 is 1.97. The molecule has 6 heteroatoms. The SMILES string of the molecule is CC(C)c1cccc(NC(N)=NCCn2ccnc2)c1.I. The molecule has 21 heavy (non-hydrogen) atoms. The lowest BCUT2D eigenvalue weighted by Crippen LogP contribution is -2.23. The van der Waals surface area contributed by atoms with Gasteiger partial charge in [0.15, 0.2) is 5.96 Å². The molecule has 0 radical (unpaired) electrons. The Morgan fingerprint density at radius 2 is 2.24 bits per heavy atom. The van der Waals surface area contributed by atoms with Crippen molar-refractivity contribution in [1.29, 1.82) is 0 Å². The Morgan fingerprint density at radius 3 is 2.90 bits per heavy atom. The largest absolute Gasteiger partial charge is 0.370 e. The number of benzene rings is 1. The van der Waals surface area contributed by atoms with Crippen molar-refractivity contribution >= 4 is 35.6 Å². The van der Waals surface area contributed by atoms with Crippen LogP contribution in [0.1, 0.15) is 25.3 Å². The molecule has 0 aliphatic carbocycles. The summed E-state index contributed by atoms with van der Waals surface area (Å²) in [5.41, 5.74) is 8.14. The summed E-state index contributed by atoms with van der Waals surface area (Å²) in [4.78, 5) is 8.29. The van der Waals surface area contributed by atoms with E-state index in [4.69, 9.17) is 5.73 Å². The lowest BCUT2D eigenvalue weighted by atomic mass is 10.0. The standard InChI is InChI=1S/C15H21N5.HI/c1-12(2)13-4-3-5-14(10-13)19-15(16)18-7-9-20-8-6-17-11-20;/h3-6,8,10-12H,7,9H2,1-2H3,(H3,16,18,19);1H. The third-order valence-electron chi connectivity index (χ3n) is 3.03. The second kappa shape index (κ2) is 8.66. The van der Waals surface area contributed by atoms with E-state index in [-0.39, 0.29) is 24.0 Å². The number of imidazole rings is 1. The van der Waals surface area contributed by atoms with Crippen molar-refractivity contribution in [2.45, 2.75) is 26.3 Å². The molecule has 1 aromatic heterocycles. The van der Waals surface area contributed by atoms with Gasteiger partial charge in [0.1, 0.15) is 0 Å². The minimum absolute atomic E-state index is 0. The van der Waals surface area contributed by atoms with Crippen LogP contribution in [-0.2, 0) is 6.54 Å². The fourth-order valence-electron chi connectivity index (χ4n) is 1.87. The molecule has 0 bridgehead atoms. The molecule has 0 amide bonds. The van der Waals surface area contributed by atoms with Crippen LogP contribution in [0.25, 0.3) is 0 Å². The predicted molar refractivity (Wildman–Crippen MR) is 98.3 cm³/mol. The fourth-order valence-corrected chi connectivity index (χ4v) is 1.87. The molecule has 2 aromatic rings. The Bertz CT molecular complexity index is 563. The van der Waals surface area contributed by atoms with Gasteiger partial charge in [-0.1, -0.05) is 26.0 Å². The first-order chi connectivity index (χ1) is 9.65. The van der Waals surface area contributed by atoms with Gasteiger partial charge in [0, 0.05) is 24.6 Å². The van der Waals surface area contributed by atoms with Gasteiger partial charge in [0.2, 0.25) is 0 Å². The molecule has 0 atom stereocenters. The summed E-state index contributed by atoms with van der Waals surface area (Å²) in [7, 11) is 0. The fraction of sp³-hybridized carbons (Fsp3) is 0.333. The molecule has 0 saturated heterocycles. The zero-order chi connectivity index (χ0) is 14.4. The van der Waals surface area contributed by atoms with Gasteiger partial charge in [-0.25, -0.2) is 4.98 Å². The molecule has 0 spiro atoms. The Balaban J connectivity index is 0.00000220. The minimum Gasteiger partial charge on any atom is -0.370 e. The maximum atomic E-state index is 5.89. The smallest absolute Gasteiger partial charge is 0.193 e. The van der Waals surface area contributed by atoms with E-state index in [9.17, 15) is 0 Å². The summed E-state index contributed by atoms with van der Waals surface area (Å²) in [6.07, 6.45) is 5.43. The lowest BCUT2D eigenvalue weighted by molar-refractivity contribution is 0.708. The number of anilines is 1. The second-order valence-corrected chi connectivity index (χ2v) is 4.97. The van der Waals surface area contributed by atoms with Crippen LogP contribution in [0.4, 0.5) is 5.69 Å². The molecule has 3 N–H and O–H groups in total. The van der Waals surface area contributed by atoms with Crippen molar-refractivity contribution in [2.75, 3.05) is 11.9 Å². The molecular formula is C15H22IN5. The zero-order valence-corrected chi connectivity index (χ0v) is 14.7. The molecule has 0 unspecified atom stereocenters. The zero-order valence-electron chi connectivity index (χ0n) is 12.4. The van der Waals surface area contributed by atoms with Gasteiger partial charge in [-0.2, -0.15) is 0 Å². The number of hydrogen-bond acceptors (Lipinski definition) is 2. The van der Waals surface area contributed by atoms with Gasteiger partial charge < -0.3 is 15.6 Å². The molecule has 0 saturated carbocycles. The molecular weight excluding hydrogens is 377 g/mol. The average Bonchev–Trinajstić information content (AvgIpc) is 2.92. The molecule has 1 heterocycles. The highest BCUT2D eigenvalue weighted by Gasteiger charge is 2.01. The van der Waals surface area contributed by atoms with Crippen LogP contribution in [0, 0.1) is 0 Å². The number of aliphatic imine (C=N–C) groups is 1. The van der Waals surface area contributed by atoms with E-state index in [1.54, 1.807) is 12.5 Å². The Hall–Kier alpha value is -1.57. The summed E-state index contributed by atoms with van der Waals surface area (Å²) >= 11 is 0. The minimum atomic E-state index is 0. The van der Waals surface area contributed by atoms with Crippen LogP contribution < -0.4 is 11.1 Å². The Kier molecular flexibility index (Phi) is 7.21. The maximum Gasteiger partial charge on any atom is 0.193 e.